The Bertz CT molecular complexity index is 653. The van der Waals surface area contributed by atoms with Gasteiger partial charge in [0.05, 0.1) is 5.92 Å². The zero-order valence-corrected chi connectivity index (χ0v) is 15.9. The van der Waals surface area contributed by atoms with Crippen molar-refractivity contribution in [1.29, 1.82) is 0 Å². The fourth-order valence-electron chi connectivity index (χ4n) is 3.90. The maximum Gasteiger partial charge on any atom is 0.315 e. The highest BCUT2D eigenvalue weighted by molar-refractivity contribution is 5.74. The van der Waals surface area contributed by atoms with Crippen LogP contribution < -0.4 is 15.5 Å². The minimum absolute atomic E-state index is 0.0779. The van der Waals surface area contributed by atoms with Crippen molar-refractivity contribution in [2.45, 2.75) is 64.0 Å². The van der Waals surface area contributed by atoms with Crippen LogP contribution in [0.2, 0.25) is 0 Å². The SMILES string of the molecule is CCc1cc(N2CCC(NC(=O)NC3CCC(C(=O)O)CC3)CC2)ncn1. The zero-order valence-electron chi connectivity index (χ0n) is 15.9. The molecule has 8 heteroatoms. The molecule has 2 fully saturated rings. The largest absolute Gasteiger partial charge is 0.481 e. The van der Waals surface area contributed by atoms with Crippen LogP contribution >= 0.6 is 0 Å². The highest BCUT2D eigenvalue weighted by Crippen LogP contribution is 2.24. The average molecular weight is 375 g/mol. The number of carbonyl (C=O) groups excluding carboxylic acids is 1. The number of aromatic nitrogens is 2. The van der Waals surface area contributed by atoms with Gasteiger partial charge in [-0.1, -0.05) is 6.92 Å². The molecule has 1 aromatic rings. The lowest BCUT2D eigenvalue weighted by Gasteiger charge is -2.34. The number of rotatable bonds is 5. The molecule has 0 radical (unpaired) electrons. The van der Waals surface area contributed by atoms with Gasteiger partial charge in [0.15, 0.2) is 0 Å². The van der Waals surface area contributed by atoms with Crippen molar-refractivity contribution >= 4 is 17.8 Å². The maximum absolute atomic E-state index is 12.3. The fourth-order valence-corrected chi connectivity index (χ4v) is 3.90. The molecule has 0 bridgehead atoms. The third-order valence-corrected chi connectivity index (χ3v) is 5.64. The summed E-state index contributed by atoms with van der Waals surface area (Å²) in [5.74, 6) is -0.0233. The van der Waals surface area contributed by atoms with Gasteiger partial charge in [-0.2, -0.15) is 0 Å². The summed E-state index contributed by atoms with van der Waals surface area (Å²) in [6.07, 6.45) is 7.00. The van der Waals surface area contributed by atoms with Gasteiger partial charge in [-0.3, -0.25) is 4.79 Å². The minimum Gasteiger partial charge on any atom is -0.481 e. The Labute approximate surface area is 159 Å². The smallest absolute Gasteiger partial charge is 0.315 e. The highest BCUT2D eigenvalue weighted by atomic mass is 16.4. The molecule has 1 aliphatic heterocycles. The molecule has 1 aromatic heterocycles. The molecule has 3 rings (SSSR count). The summed E-state index contributed by atoms with van der Waals surface area (Å²) in [6.45, 7) is 3.79. The van der Waals surface area contributed by atoms with Crippen molar-refractivity contribution in [2.75, 3.05) is 18.0 Å². The first-order valence-electron chi connectivity index (χ1n) is 9.91. The molecule has 1 saturated heterocycles. The van der Waals surface area contributed by atoms with Crippen LogP contribution in [0.4, 0.5) is 10.6 Å². The van der Waals surface area contributed by atoms with Gasteiger partial charge in [0.2, 0.25) is 0 Å². The van der Waals surface area contributed by atoms with Crippen LogP contribution in [0, 0.1) is 5.92 Å². The molecule has 0 atom stereocenters. The van der Waals surface area contributed by atoms with Gasteiger partial charge in [0.25, 0.3) is 0 Å². The van der Waals surface area contributed by atoms with Crippen molar-refractivity contribution in [3.8, 4) is 0 Å². The van der Waals surface area contributed by atoms with Gasteiger partial charge >= 0.3 is 12.0 Å². The number of nitrogens with zero attached hydrogens (tertiary/aromatic N) is 3. The number of carboxylic acid groups (broad SMARTS) is 1. The average Bonchev–Trinajstić information content (AvgIpc) is 2.69. The summed E-state index contributed by atoms with van der Waals surface area (Å²) in [4.78, 5) is 34.1. The third kappa shape index (κ3) is 5.30. The van der Waals surface area contributed by atoms with Crippen LogP contribution in [-0.2, 0) is 11.2 Å². The van der Waals surface area contributed by atoms with Crippen LogP contribution in [0.25, 0.3) is 0 Å². The van der Waals surface area contributed by atoms with Crippen molar-refractivity contribution in [3.05, 3.63) is 18.1 Å². The standard InChI is InChI=1S/C19H29N5O3/c1-2-14-11-17(21-12-20-14)24-9-7-16(8-10-24)23-19(27)22-15-5-3-13(4-6-15)18(25)26/h11-13,15-16H,2-10H2,1H3,(H,25,26)(H2,22,23,27). The van der Waals surface area contributed by atoms with Crippen molar-refractivity contribution in [2.24, 2.45) is 5.92 Å². The number of hydrogen-bond acceptors (Lipinski definition) is 5. The van der Waals surface area contributed by atoms with Crippen LogP contribution in [0.3, 0.4) is 0 Å². The summed E-state index contributed by atoms with van der Waals surface area (Å²) in [5.41, 5.74) is 1.04. The predicted octanol–water partition coefficient (Wildman–Crippen LogP) is 1.95. The summed E-state index contributed by atoms with van der Waals surface area (Å²) < 4.78 is 0. The Morgan fingerprint density at radius 2 is 1.70 bits per heavy atom. The van der Waals surface area contributed by atoms with Crippen LogP contribution in [0.15, 0.2) is 12.4 Å². The predicted molar refractivity (Wildman–Crippen MR) is 102 cm³/mol. The lowest BCUT2D eigenvalue weighted by molar-refractivity contribution is -0.142. The van der Waals surface area contributed by atoms with E-state index in [-0.39, 0.29) is 24.0 Å². The number of hydrogen-bond donors (Lipinski definition) is 3. The van der Waals surface area contributed by atoms with Gasteiger partial charge < -0.3 is 20.6 Å². The molecular formula is C19H29N5O3. The molecular weight excluding hydrogens is 346 g/mol. The first-order valence-corrected chi connectivity index (χ1v) is 9.91. The highest BCUT2D eigenvalue weighted by Gasteiger charge is 2.27. The van der Waals surface area contributed by atoms with E-state index in [1.165, 1.54) is 0 Å². The summed E-state index contributed by atoms with van der Waals surface area (Å²) in [6, 6.07) is 2.13. The van der Waals surface area contributed by atoms with Gasteiger partial charge in [0, 0.05) is 36.9 Å². The molecule has 2 amide bonds. The van der Waals surface area contributed by atoms with E-state index < -0.39 is 5.97 Å². The molecule has 0 spiro atoms. The number of aliphatic carboxylic acids is 1. The number of amides is 2. The Balaban J connectivity index is 1.40. The summed E-state index contributed by atoms with van der Waals surface area (Å²) >= 11 is 0. The molecule has 3 N–H and O–H groups in total. The molecule has 2 aliphatic rings. The van der Waals surface area contributed by atoms with E-state index in [2.05, 4.69) is 32.4 Å². The first kappa shape index (κ1) is 19.4. The number of carboxylic acids is 1. The van der Waals surface area contributed by atoms with Crippen LogP contribution in [0.5, 0.6) is 0 Å². The zero-order chi connectivity index (χ0) is 19.2. The van der Waals surface area contributed by atoms with Crippen LogP contribution in [-0.4, -0.2) is 52.2 Å². The maximum atomic E-state index is 12.3. The third-order valence-electron chi connectivity index (χ3n) is 5.64. The van der Waals surface area contributed by atoms with E-state index in [1.807, 2.05) is 6.07 Å². The van der Waals surface area contributed by atoms with Gasteiger partial charge in [-0.15, -0.1) is 0 Å². The molecule has 2 heterocycles. The van der Waals surface area contributed by atoms with E-state index in [0.29, 0.717) is 12.8 Å². The number of aryl methyl sites for hydroxylation is 1. The Morgan fingerprint density at radius 1 is 1.07 bits per heavy atom. The monoisotopic (exact) mass is 375 g/mol. The second-order valence-corrected chi connectivity index (χ2v) is 7.49. The lowest BCUT2D eigenvalue weighted by Crippen LogP contribution is -2.50. The molecule has 0 aromatic carbocycles. The quantitative estimate of drug-likeness (QED) is 0.726. The number of nitrogens with one attached hydrogen (secondary N) is 2. The second kappa shape index (κ2) is 9.01. The molecule has 1 saturated carbocycles. The molecule has 1 aliphatic carbocycles. The van der Waals surface area contributed by atoms with Gasteiger partial charge in [0.1, 0.15) is 12.1 Å². The second-order valence-electron chi connectivity index (χ2n) is 7.49. The summed E-state index contributed by atoms with van der Waals surface area (Å²) in [5, 5.41) is 15.1. The molecule has 27 heavy (non-hydrogen) atoms. The Kier molecular flexibility index (Phi) is 6.47. The van der Waals surface area contributed by atoms with Gasteiger partial charge in [-0.05, 0) is 44.9 Å². The minimum atomic E-state index is -0.723. The van der Waals surface area contributed by atoms with E-state index >= 15 is 0 Å². The number of urea groups is 1. The van der Waals surface area contributed by atoms with Crippen molar-refractivity contribution in [3.63, 3.8) is 0 Å². The Morgan fingerprint density at radius 3 is 2.30 bits per heavy atom. The molecule has 0 unspecified atom stereocenters. The van der Waals surface area contributed by atoms with Crippen LogP contribution in [0.1, 0.15) is 51.1 Å². The first-order chi connectivity index (χ1) is 13.0. The lowest BCUT2D eigenvalue weighted by atomic mass is 9.86. The fraction of sp³-hybridized carbons (Fsp3) is 0.684. The van der Waals surface area contributed by atoms with E-state index in [1.54, 1.807) is 6.33 Å². The van der Waals surface area contributed by atoms with Crippen molar-refractivity contribution in [1.82, 2.24) is 20.6 Å². The van der Waals surface area contributed by atoms with E-state index in [0.717, 1.165) is 56.7 Å². The number of carbonyl (C=O) groups is 2. The number of piperidine rings is 1. The summed E-state index contributed by atoms with van der Waals surface area (Å²) in [7, 11) is 0. The van der Waals surface area contributed by atoms with Crippen molar-refractivity contribution < 1.29 is 14.7 Å². The van der Waals surface area contributed by atoms with E-state index in [4.69, 9.17) is 5.11 Å². The van der Waals surface area contributed by atoms with Gasteiger partial charge in [-0.25, -0.2) is 14.8 Å². The number of anilines is 1. The topological polar surface area (TPSA) is 107 Å². The normalized spacial score (nSPS) is 23.7. The molecule has 8 nitrogen and oxygen atoms in total. The molecule has 148 valence electrons. The van der Waals surface area contributed by atoms with E-state index in [9.17, 15) is 9.59 Å². The Hall–Kier alpha value is -2.38.